The second kappa shape index (κ2) is 9.17. The van der Waals surface area contributed by atoms with Crippen LogP contribution >= 0.6 is 0 Å². The van der Waals surface area contributed by atoms with Gasteiger partial charge in [-0.25, -0.2) is 0 Å². The summed E-state index contributed by atoms with van der Waals surface area (Å²) in [6.07, 6.45) is 0. The van der Waals surface area contributed by atoms with Gasteiger partial charge in [0, 0.05) is 49.8 Å². The Labute approximate surface area is 194 Å². The number of ether oxygens (including phenoxy) is 1. The molecule has 0 saturated carbocycles. The maximum atomic E-state index is 13.0. The zero-order valence-electron chi connectivity index (χ0n) is 20.0. The van der Waals surface area contributed by atoms with Gasteiger partial charge in [-0.15, -0.1) is 0 Å². The van der Waals surface area contributed by atoms with Gasteiger partial charge in [0.05, 0.1) is 7.11 Å². The zero-order valence-corrected chi connectivity index (χ0v) is 20.0. The van der Waals surface area contributed by atoms with Crippen molar-refractivity contribution < 1.29 is 14.3 Å². The van der Waals surface area contributed by atoms with E-state index in [0.29, 0.717) is 18.8 Å². The first-order valence-electron chi connectivity index (χ1n) is 11.3. The smallest absolute Gasteiger partial charge is 0.268 e. The number of aromatic nitrogens is 1. The third-order valence-corrected chi connectivity index (χ3v) is 6.71. The molecule has 2 amide bonds. The van der Waals surface area contributed by atoms with Crippen LogP contribution in [0.1, 0.15) is 28.5 Å². The van der Waals surface area contributed by atoms with Crippen LogP contribution in [0.3, 0.4) is 0 Å². The number of hydrogen-bond donors (Lipinski definition) is 1. The Balaban J connectivity index is 1.39. The molecule has 174 valence electrons. The van der Waals surface area contributed by atoms with Crippen LogP contribution in [0, 0.1) is 13.8 Å². The van der Waals surface area contributed by atoms with Gasteiger partial charge in [-0.05, 0) is 62.2 Å². The van der Waals surface area contributed by atoms with E-state index < -0.39 is 6.04 Å². The molecule has 7 nitrogen and oxygen atoms in total. The summed E-state index contributed by atoms with van der Waals surface area (Å²) >= 11 is 0. The van der Waals surface area contributed by atoms with Crippen molar-refractivity contribution >= 4 is 28.4 Å². The molecule has 2 aromatic carbocycles. The van der Waals surface area contributed by atoms with E-state index in [2.05, 4.69) is 42.3 Å². The highest BCUT2D eigenvalue weighted by Crippen LogP contribution is 2.25. The average molecular weight is 449 g/mol. The molecule has 0 unspecified atom stereocenters. The molecule has 0 aliphatic carbocycles. The molecule has 1 saturated heterocycles. The van der Waals surface area contributed by atoms with Gasteiger partial charge in [-0.2, -0.15) is 0 Å². The summed E-state index contributed by atoms with van der Waals surface area (Å²) in [6, 6.07) is 13.3. The minimum absolute atomic E-state index is 0.0515. The van der Waals surface area contributed by atoms with Crippen LogP contribution in [0.15, 0.2) is 42.5 Å². The second-order valence-corrected chi connectivity index (χ2v) is 8.74. The fourth-order valence-corrected chi connectivity index (χ4v) is 4.52. The summed E-state index contributed by atoms with van der Waals surface area (Å²) in [4.78, 5) is 30.2. The molecule has 2 heterocycles. The molecular formula is C26H32N4O3. The lowest BCUT2D eigenvalue weighted by atomic mass is 10.1. The molecule has 33 heavy (non-hydrogen) atoms. The lowest BCUT2D eigenvalue weighted by Gasteiger charge is -2.38. The van der Waals surface area contributed by atoms with E-state index >= 15 is 0 Å². The SMILES string of the molecule is COc1ccc2c(c1)cc(C(=O)N[C@@H](C)C(=O)N1CCN(c3cccc(C)c3C)CC1)n2C. The van der Waals surface area contributed by atoms with E-state index in [9.17, 15) is 9.59 Å². The molecule has 7 heteroatoms. The van der Waals surface area contributed by atoms with Gasteiger partial charge in [-0.3, -0.25) is 9.59 Å². The number of aryl methyl sites for hydroxylation is 2. The summed E-state index contributed by atoms with van der Waals surface area (Å²) in [6.45, 7) is 8.85. The molecule has 0 spiro atoms. The summed E-state index contributed by atoms with van der Waals surface area (Å²) < 4.78 is 7.12. The average Bonchev–Trinajstić information content (AvgIpc) is 3.16. The normalized spacial score (nSPS) is 14.9. The number of carbonyl (C=O) groups is 2. The number of carbonyl (C=O) groups excluding carboxylic acids is 2. The van der Waals surface area contributed by atoms with Crippen LogP contribution in [0.5, 0.6) is 5.75 Å². The van der Waals surface area contributed by atoms with E-state index in [1.165, 1.54) is 16.8 Å². The van der Waals surface area contributed by atoms with E-state index in [0.717, 1.165) is 29.7 Å². The van der Waals surface area contributed by atoms with Crippen molar-refractivity contribution in [3.05, 3.63) is 59.3 Å². The van der Waals surface area contributed by atoms with Gasteiger partial charge in [0.1, 0.15) is 17.5 Å². The monoisotopic (exact) mass is 448 g/mol. The van der Waals surface area contributed by atoms with Gasteiger partial charge >= 0.3 is 0 Å². The summed E-state index contributed by atoms with van der Waals surface area (Å²) in [5.41, 5.74) is 5.23. The van der Waals surface area contributed by atoms with Gasteiger partial charge in [0.2, 0.25) is 5.91 Å². The Kier molecular flexibility index (Phi) is 6.31. The van der Waals surface area contributed by atoms with Crippen molar-refractivity contribution in [1.82, 2.24) is 14.8 Å². The number of nitrogens with zero attached hydrogens (tertiary/aromatic N) is 3. The van der Waals surface area contributed by atoms with Crippen LogP contribution in [0.4, 0.5) is 5.69 Å². The molecule has 1 aliphatic heterocycles. The van der Waals surface area contributed by atoms with Crippen molar-refractivity contribution in [3.8, 4) is 5.75 Å². The first-order chi connectivity index (χ1) is 15.8. The summed E-state index contributed by atoms with van der Waals surface area (Å²) in [7, 11) is 3.47. The number of nitrogens with one attached hydrogen (secondary N) is 1. The van der Waals surface area contributed by atoms with Crippen molar-refractivity contribution in [2.24, 2.45) is 7.05 Å². The second-order valence-electron chi connectivity index (χ2n) is 8.74. The van der Waals surface area contributed by atoms with E-state index in [-0.39, 0.29) is 11.8 Å². The minimum atomic E-state index is -0.600. The highest BCUT2D eigenvalue weighted by molar-refractivity contribution is 6.01. The number of piperazine rings is 1. The largest absolute Gasteiger partial charge is 0.497 e. The van der Waals surface area contributed by atoms with Gasteiger partial charge in [-0.1, -0.05) is 12.1 Å². The van der Waals surface area contributed by atoms with Crippen molar-refractivity contribution in [1.29, 1.82) is 0 Å². The number of benzene rings is 2. The van der Waals surface area contributed by atoms with Crippen molar-refractivity contribution in [3.63, 3.8) is 0 Å². The number of amides is 2. The highest BCUT2D eigenvalue weighted by atomic mass is 16.5. The Bertz CT molecular complexity index is 1190. The number of anilines is 1. The number of fused-ring (bicyclic) bond motifs is 1. The Hall–Kier alpha value is -3.48. The Morgan fingerprint density at radius 1 is 1.03 bits per heavy atom. The van der Waals surface area contributed by atoms with E-state index in [1.807, 2.05) is 40.8 Å². The quantitative estimate of drug-likeness (QED) is 0.651. The van der Waals surface area contributed by atoms with Crippen LogP contribution in [-0.2, 0) is 11.8 Å². The van der Waals surface area contributed by atoms with E-state index in [4.69, 9.17) is 4.74 Å². The van der Waals surface area contributed by atoms with Gasteiger partial charge in [0.15, 0.2) is 0 Å². The first kappa shape index (κ1) is 22.7. The van der Waals surface area contributed by atoms with Crippen LogP contribution in [-0.4, -0.2) is 60.6 Å². The van der Waals surface area contributed by atoms with Crippen LogP contribution in [0.2, 0.25) is 0 Å². The zero-order chi connectivity index (χ0) is 23.7. The summed E-state index contributed by atoms with van der Waals surface area (Å²) in [5, 5.41) is 3.81. The third-order valence-electron chi connectivity index (χ3n) is 6.71. The maximum absolute atomic E-state index is 13.0. The number of rotatable bonds is 5. The predicted octanol–water partition coefficient (Wildman–Crippen LogP) is 3.27. The third kappa shape index (κ3) is 4.40. The van der Waals surface area contributed by atoms with Gasteiger partial charge in [0.25, 0.3) is 5.91 Å². The molecule has 0 bridgehead atoms. The molecule has 1 fully saturated rings. The lowest BCUT2D eigenvalue weighted by Crippen LogP contribution is -2.54. The Morgan fingerprint density at radius 2 is 1.76 bits per heavy atom. The minimum Gasteiger partial charge on any atom is -0.497 e. The molecule has 4 rings (SSSR count). The van der Waals surface area contributed by atoms with Crippen molar-refractivity contribution in [2.75, 3.05) is 38.2 Å². The fraction of sp³-hybridized carbons (Fsp3) is 0.385. The predicted molar refractivity (Wildman–Crippen MR) is 131 cm³/mol. The number of hydrogen-bond acceptors (Lipinski definition) is 4. The maximum Gasteiger partial charge on any atom is 0.268 e. The van der Waals surface area contributed by atoms with Crippen molar-refractivity contribution in [2.45, 2.75) is 26.8 Å². The first-order valence-corrected chi connectivity index (χ1v) is 11.3. The standard InChI is InChI=1S/C26H32N4O3/c1-17-7-6-8-22(18(17)2)29-11-13-30(14-12-29)26(32)19(3)27-25(31)24-16-20-15-21(33-5)9-10-23(20)28(24)4/h6-10,15-16,19H,11-14H2,1-5H3,(H,27,31)/t19-/m0/s1. The molecular weight excluding hydrogens is 416 g/mol. The highest BCUT2D eigenvalue weighted by Gasteiger charge is 2.27. The lowest BCUT2D eigenvalue weighted by molar-refractivity contribution is -0.133. The molecule has 0 radical (unpaired) electrons. The molecule has 1 aromatic heterocycles. The summed E-state index contributed by atoms with van der Waals surface area (Å²) in [5.74, 6) is 0.426. The molecule has 1 N–H and O–H groups in total. The van der Waals surface area contributed by atoms with E-state index in [1.54, 1.807) is 14.0 Å². The van der Waals surface area contributed by atoms with Gasteiger partial charge < -0.3 is 24.4 Å². The molecule has 3 aromatic rings. The molecule has 1 atom stereocenters. The molecule has 1 aliphatic rings. The van der Waals surface area contributed by atoms with Crippen LogP contribution < -0.4 is 15.0 Å². The topological polar surface area (TPSA) is 66.8 Å². The van der Waals surface area contributed by atoms with Crippen LogP contribution in [0.25, 0.3) is 10.9 Å². The fourth-order valence-electron chi connectivity index (χ4n) is 4.52. The Morgan fingerprint density at radius 3 is 2.45 bits per heavy atom. The number of methoxy groups -OCH3 is 1.